The fourth-order valence-electron chi connectivity index (χ4n) is 1.78. The molecular weight excluding hydrogens is 324 g/mol. The summed E-state index contributed by atoms with van der Waals surface area (Å²) in [4.78, 5) is 20.5. The summed E-state index contributed by atoms with van der Waals surface area (Å²) < 4.78 is 5.56. The molecule has 0 aromatic heterocycles. The summed E-state index contributed by atoms with van der Waals surface area (Å²) in [6, 6.07) is 23.2. The highest BCUT2D eigenvalue weighted by Crippen LogP contribution is 2.20. The molecule has 4 heteroatoms. The summed E-state index contributed by atoms with van der Waals surface area (Å²) in [5, 5.41) is 0.653. The van der Waals surface area contributed by atoms with Gasteiger partial charge in [0.25, 0.3) is 0 Å². The van der Waals surface area contributed by atoms with E-state index in [2.05, 4.69) is 0 Å². The number of benzene rings is 3. The summed E-state index contributed by atoms with van der Waals surface area (Å²) in [7, 11) is 0. The van der Waals surface area contributed by atoms with Crippen LogP contribution in [0.3, 0.4) is 0 Å². The van der Waals surface area contributed by atoms with Gasteiger partial charge in [-0.05, 0) is 48.5 Å². The van der Waals surface area contributed by atoms with E-state index in [0.29, 0.717) is 16.1 Å². The van der Waals surface area contributed by atoms with Crippen LogP contribution in [0.15, 0.2) is 78.9 Å². The molecule has 0 unspecified atom stereocenters. The third-order valence-corrected chi connectivity index (χ3v) is 3.25. The molecule has 0 radical (unpaired) electrons. The minimum absolute atomic E-state index is 0.649. The Kier molecular flexibility index (Phi) is 6.74. The van der Waals surface area contributed by atoms with E-state index in [4.69, 9.17) is 16.3 Å². The lowest BCUT2D eigenvalue weighted by Crippen LogP contribution is -1.84. The Hall–Kier alpha value is -2.91. The van der Waals surface area contributed by atoms with Crippen molar-refractivity contribution in [3.63, 3.8) is 0 Å². The molecule has 0 aliphatic carbocycles. The van der Waals surface area contributed by atoms with E-state index >= 15 is 0 Å². The number of ether oxygens (including phenoxy) is 1. The molecular formula is C20H15ClO3. The second-order valence-electron chi connectivity index (χ2n) is 4.77. The molecule has 0 saturated carbocycles. The third kappa shape index (κ3) is 5.71. The average Bonchev–Trinajstić information content (AvgIpc) is 2.64. The van der Waals surface area contributed by atoms with Crippen molar-refractivity contribution >= 4 is 24.2 Å². The fraction of sp³-hybridized carbons (Fsp3) is 0. The largest absolute Gasteiger partial charge is 0.457 e. The zero-order valence-corrected chi connectivity index (χ0v) is 13.5. The molecule has 24 heavy (non-hydrogen) atoms. The van der Waals surface area contributed by atoms with Crippen LogP contribution in [0.2, 0.25) is 5.02 Å². The third-order valence-electron chi connectivity index (χ3n) is 3.00. The van der Waals surface area contributed by atoms with E-state index < -0.39 is 0 Å². The van der Waals surface area contributed by atoms with Gasteiger partial charge in [0.15, 0.2) is 0 Å². The van der Waals surface area contributed by atoms with Crippen molar-refractivity contribution in [2.75, 3.05) is 0 Å². The first-order chi connectivity index (χ1) is 11.7. The van der Waals surface area contributed by atoms with Gasteiger partial charge in [-0.1, -0.05) is 41.9 Å². The SMILES string of the molecule is O=Cc1ccc(Cl)cc1.O=Cc1ccc(Oc2ccccc2)cc1. The van der Waals surface area contributed by atoms with Crippen LogP contribution in [-0.4, -0.2) is 12.6 Å². The highest BCUT2D eigenvalue weighted by Gasteiger charge is 1.96. The molecule has 0 heterocycles. The maximum Gasteiger partial charge on any atom is 0.150 e. The molecule has 0 fully saturated rings. The first kappa shape index (κ1) is 17.4. The Morgan fingerprint density at radius 1 is 0.625 bits per heavy atom. The first-order valence-corrected chi connectivity index (χ1v) is 7.58. The van der Waals surface area contributed by atoms with Crippen molar-refractivity contribution in [2.24, 2.45) is 0 Å². The van der Waals surface area contributed by atoms with Gasteiger partial charge in [0.1, 0.15) is 24.1 Å². The van der Waals surface area contributed by atoms with Crippen molar-refractivity contribution in [3.8, 4) is 11.5 Å². The number of rotatable bonds is 4. The smallest absolute Gasteiger partial charge is 0.150 e. The number of hydrogen-bond acceptors (Lipinski definition) is 3. The van der Waals surface area contributed by atoms with Crippen LogP contribution in [0.4, 0.5) is 0 Å². The fourth-order valence-corrected chi connectivity index (χ4v) is 1.91. The number of halogens is 1. The average molecular weight is 339 g/mol. The molecule has 0 amide bonds. The molecule has 0 spiro atoms. The lowest BCUT2D eigenvalue weighted by Gasteiger charge is -2.04. The zero-order chi connectivity index (χ0) is 17.2. The summed E-state index contributed by atoms with van der Waals surface area (Å²) in [5.74, 6) is 1.52. The predicted molar refractivity (Wildman–Crippen MR) is 95.2 cm³/mol. The summed E-state index contributed by atoms with van der Waals surface area (Å²) in [6.45, 7) is 0. The first-order valence-electron chi connectivity index (χ1n) is 7.20. The predicted octanol–water partition coefficient (Wildman–Crippen LogP) is 5.44. The molecule has 0 aliphatic heterocycles. The summed E-state index contributed by atoms with van der Waals surface area (Å²) in [6.07, 6.45) is 1.60. The molecule has 3 rings (SSSR count). The number of carbonyl (C=O) groups is 2. The number of para-hydroxylation sites is 1. The molecule has 0 bridgehead atoms. The van der Waals surface area contributed by atoms with Gasteiger partial charge >= 0.3 is 0 Å². The van der Waals surface area contributed by atoms with Crippen LogP contribution >= 0.6 is 11.6 Å². The van der Waals surface area contributed by atoms with E-state index in [0.717, 1.165) is 24.1 Å². The molecule has 0 aliphatic rings. The van der Waals surface area contributed by atoms with Crippen LogP contribution in [0.1, 0.15) is 20.7 Å². The molecule has 120 valence electrons. The van der Waals surface area contributed by atoms with E-state index in [1.54, 1.807) is 48.5 Å². The van der Waals surface area contributed by atoms with E-state index in [1.165, 1.54) is 0 Å². The molecule has 0 saturated heterocycles. The molecule has 3 aromatic rings. The number of aldehydes is 2. The Morgan fingerprint density at radius 2 is 1.08 bits per heavy atom. The topological polar surface area (TPSA) is 43.4 Å². The number of hydrogen-bond donors (Lipinski definition) is 0. The molecule has 0 N–H and O–H groups in total. The van der Waals surface area contributed by atoms with Gasteiger partial charge in [0.05, 0.1) is 0 Å². The quantitative estimate of drug-likeness (QED) is 0.594. The van der Waals surface area contributed by atoms with E-state index in [-0.39, 0.29) is 0 Å². The van der Waals surface area contributed by atoms with Gasteiger partial charge < -0.3 is 4.74 Å². The minimum Gasteiger partial charge on any atom is -0.457 e. The number of carbonyl (C=O) groups excluding carboxylic acids is 2. The monoisotopic (exact) mass is 338 g/mol. The molecule has 0 atom stereocenters. The Labute approximate surface area is 145 Å². The van der Waals surface area contributed by atoms with Crippen LogP contribution in [0.25, 0.3) is 0 Å². The molecule has 3 nitrogen and oxygen atoms in total. The Balaban J connectivity index is 0.000000198. The highest BCUT2D eigenvalue weighted by molar-refractivity contribution is 6.30. The minimum atomic E-state index is 0.649. The second-order valence-corrected chi connectivity index (χ2v) is 5.21. The van der Waals surface area contributed by atoms with Gasteiger partial charge in [-0.2, -0.15) is 0 Å². The Bertz CT molecular complexity index is 766. The summed E-state index contributed by atoms with van der Waals surface area (Å²) >= 11 is 5.55. The normalized spacial score (nSPS) is 9.38. The van der Waals surface area contributed by atoms with Crippen molar-refractivity contribution in [2.45, 2.75) is 0 Å². The maximum absolute atomic E-state index is 10.4. The van der Waals surface area contributed by atoms with Crippen LogP contribution in [-0.2, 0) is 0 Å². The second kappa shape index (κ2) is 9.28. The van der Waals surface area contributed by atoms with Gasteiger partial charge in [-0.15, -0.1) is 0 Å². The van der Waals surface area contributed by atoms with Crippen molar-refractivity contribution in [1.82, 2.24) is 0 Å². The van der Waals surface area contributed by atoms with Crippen molar-refractivity contribution in [1.29, 1.82) is 0 Å². The lowest BCUT2D eigenvalue weighted by molar-refractivity contribution is 0.111. The van der Waals surface area contributed by atoms with Crippen molar-refractivity contribution in [3.05, 3.63) is 95.0 Å². The lowest BCUT2D eigenvalue weighted by atomic mass is 10.2. The van der Waals surface area contributed by atoms with Crippen LogP contribution in [0, 0.1) is 0 Å². The highest BCUT2D eigenvalue weighted by atomic mass is 35.5. The van der Waals surface area contributed by atoms with Gasteiger partial charge in [0, 0.05) is 16.1 Å². The molecule has 3 aromatic carbocycles. The van der Waals surface area contributed by atoms with Gasteiger partial charge in [-0.25, -0.2) is 0 Å². The van der Waals surface area contributed by atoms with E-state index in [9.17, 15) is 9.59 Å². The Morgan fingerprint density at radius 3 is 1.58 bits per heavy atom. The van der Waals surface area contributed by atoms with Crippen molar-refractivity contribution < 1.29 is 14.3 Å². The van der Waals surface area contributed by atoms with Crippen LogP contribution < -0.4 is 4.74 Å². The summed E-state index contributed by atoms with van der Waals surface area (Å²) in [5.41, 5.74) is 1.30. The maximum atomic E-state index is 10.4. The van der Waals surface area contributed by atoms with Crippen LogP contribution in [0.5, 0.6) is 11.5 Å². The standard InChI is InChI=1S/C13H10O2.C7H5ClO/c14-10-11-6-8-13(9-7-11)15-12-4-2-1-3-5-12;8-7-3-1-6(5-9)2-4-7/h1-10H;1-5H. The van der Waals surface area contributed by atoms with Gasteiger partial charge in [0.2, 0.25) is 0 Å². The van der Waals surface area contributed by atoms with Gasteiger partial charge in [-0.3, -0.25) is 9.59 Å². The zero-order valence-electron chi connectivity index (χ0n) is 12.8. The van der Waals surface area contributed by atoms with E-state index in [1.807, 2.05) is 30.3 Å².